The van der Waals surface area contributed by atoms with Gasteiger partial charge in [-0.05, 0) is 31.6 Å². The summed E-state index contributed by atoms with van der Waals surface area (Å²) in [6, 6.07) is 0. The molecular formula is C18H32IN5. The number of aromatic nitrogens is 2. The summed E-state index contributed by atoms with van der Waals surface area (Å²) >= 11 is 0. The van der Waals surface area contributed by atoms with Crippen molar-refractivity contribution in [2.75, 3.05) is 20.1 Å². The quantitative estimate of drug-likeness (QED) is 0.416. The fourth-order valence-corrected chi connectivity index (χ4v) is 3.75. The van der Waals surface area contributed by atoms with Crippen molar-refractivity contribution in [3.05, 3.63) is 17.7 Å². The number of halogens is 1. The molecule has 1 aromatic heterocycles. The molecule has 1 saturated carbocycles. The second kappa shape index (κ2) is 10.3. The third-order valence-electron chi connectivity index (χ3n) is 5.14. The summed E-state index contributed by atoms with van der Waals surface area (Å²) < 4.78 is 2.33. The van der Waals surface area contributed by atoms with E-state index in [0.29, 0.717) is 0 Å². The van der Waals surface area contributed by atoms with E-state index in [4.69, 9.17) is 4.98 Å². The Hall–Kier alpha value is -0.790. The monoisotopic (exact) mass is 445 g/mol. The molecular weight excluding hydrogens is 413 g/mol. The zero-order chi connectivity index (χ0) is 15.9. The molecule has 1 aliphatic heterocycles. The highest BCUT2D eigenvalue weighted by Gasteiger charge is 2.14. The van der Waals surface area contributed by atoms with E-state index in [-0.39, 0.29) is 24.0 Å². The molecule has 2 heterocycles. The molecule has 1 aliphatic carbocycles. The Kier molecular flexibility index (Phi) is 8.35. The van der Waals surface area contributed by atoms with Gasteiger partial charge in [0.25, 0.3) is 0 Å². The summed E-state index contributed by atoms with van der Waals surface area (Å²) in [7, 11) is 1.85. The Morgan fingerprint density at radius 2 is 2.04 bits per heavy atom. The van der Waals surface area contributed by atoms with Crippen LogP contribution >= 0.6 is 24.0 Å². The fourth-order valence-electron chi connectivity index (χ4n) is 3.75. The van der Waals surface area contributed by atoms with Gasteiger partial charge in [0.1, 0.15) is 5.82 Å². The Bertz CT molecular complexity index is 496. The molecule has 24 heavy (non-hydrogen) atoms. The molecule has 1 aromatic rings. The van der Waals surface area contributed by atoms with Gasteiger partial charge >= 0.3 is 0 Å². The highest BCUT2D eigenvalue weighted by molar-refractivity contribution is 14.0. The summed E-state index contributed by atoms with van der Waals surface area (Å²) in [5, 5.41) is 6.92. The first-order valence-electron chi connectivity index (χ1n) is 9.34. The number of imidazole rings is 1. The Balaban J connectivity index is 0.00000208. The molecule has 0 aromatic carbocycles. The zero-order valence-electron chi connectivity index (χ0n) is 14.9. The Labute approximate surface area is 163 Å². The molecule has 0 unspecified atom stereocenters. The molecule has 0 radical (unpaired) electrons. The lowest BCUT2D eigenvalue weighted by Crippen LogP contribution is -2.40. The van der Waals surface area contributed by atoms with Crippen LogP contribution in [0.1, 0.15) is 56.5 Å². The van der Waals surface area contributed by atoms with Crippen molar-refractivity contribution in [3.8, 4) is 0 Å². The standard InChI is InChI=1S/C18H31N5.HI/c1-19-18(21-13-15-7-3-2-4-8-15)20-11-10-16-14-23-12-6-5-9-17(23)22-16;/h14-15H,2-13H2,1H3,(H2,19,20,21);1H. The number of hydrogen-bond donors (Lipinski definition) is 2. The summed E-state index contributed by atoms with van der Waals surface area (Å²) in [5.74, 6) is 3.02. The molecule has 0 atom stereocenters. The smallest absolute Gasteiger partial charge is 0.190 e. The van der Waals surface area contributed by atoms with Crippen LogP contribution in [0.4, 0.5) is 0 Å². The van der Waals surface area contributed by atoms with E-state index in [0.717, 1.165) is 44.4 Å². The van der Waals surface area contributed by atoms with Crippen molar-refractivity contribution in [1.29, 1.82) is 0 Å². The second-order valence-electron chi connectivity index (χ2n) is 6.93. The number of fused-ring (bicyclic) bond motifs is 1. The Morgan fingerprint density at radius 3 is 2.79 bits per heavy atom. The van der Waals surface area contributed by atoms with Crippen molar-refractivity contribution in [2.24, 2.45) is 10.9 Å². The summed E-state index contributed by atoms with van der Waals surface area (Å²) in [6.45, 7) is 3.08. The average Bonchev–Trinajstić information content (AvgIpc) is 3.01. The maximum absolute atomic E-state index is 4.76. The van der Waals surface area contributed by atoms with E-state index < -0.39 is 0 Å². The highest BCUT2D eigenvalue weighted by Crippen LogP contribution is 2.22. The topological polar surface area (TPSA) is 54.2 Å². The lowest BCUT2D eigenvalue weighted by Gasteiger charge is -2.22. The molecule has 0 bridgehead atoms. The van der Waals surface area contributed by atoms with Gasteiger partial charge in [-0.3, -0.25) is 4.99 Å². The number of nitrogens with one attached hydrogen (secondary N) is 2. The number of nitrogens with zero attached hydrogens (tertiary/aromatic N) is 3. The zero-order valence-corrected chi connectivity index (χ0v) is 17.2. The largest absolute Gasteiger partial charge is 0.356 e. The average molecular weight is 445 g/mol. The molecule has 2 aliphatic rings. The minimum Gasteiger partial charge on any atom is -0.356 e. The lowest BCUT2D eigenvalue weighted by molar-refractivity contribution is 0.356. The van der Waals surface area contributed by atoms with Crippen LogP contribution in [0.5, 0.6) is 0 Å². The third-order valence-corrected chi connectivity index (χ3v) is 5.14. The SMILES string of the molecule is CN=C(NCCc1cn2c(n1)CCCC2)NCC1CCCCC1.I. The molecule has 0 saturated heterocycles. The van der Waals surface area contributed by atoms with Crippen molar-refractivity contribution in [3.63, 3.8) is 0 Å². The second-order valence-corrected chi connectivity index (χ2v) is 6.93. The molecule has 5 nitrogen and oxygen atoms in total. The van der Waals surface area contributed by atoms with Crippen LogP contribution in [-0.2, 0) is 19.4 Å². The molecule has 6 heteroatoms. The Morgan fingerprint density at radius 1 is 1.21 bits per heavy atom. The maximum atomic E-state index is 4.76. The van der Waals surface area contributed by atoms with E-state index in [2.05, 4.69) is 26.4 Å². The van der Waals surface area contributed by atoms with Crippen LogP contribution < -0.4 is 10.6 Å². The highest BCUT2D eigenvalue weighted by atomic mass is 127. The van der Waals surface area contributed by atoms with Gasteiger partial charge in [-0.25, -0.2) is 4.98 Å². The summed E-state index contributed by atoms with van der Waals surface area (Å²) in [4.78, 5) is 9.09. The maximum Gasteiger partial charge on any atom is 0.190 e. The van der Waals surface area contributed by atoms with Crippen LogP contribution in [0.25, 0.3) is 0 Å². The number of aryl methyl sites for hydroxylation is 2. The van der Waals surface area contributed by atoms with Crippen LogP contribution in [-0.4, -0.2) is 35.6 Å². The third kappa shape index (κ3) is 5.63. The number of guanidine groups is 1. The van der Waals surface area contributed by atoms with Gasteiger partial charge in [-0.1, -0.05) is 19.3 Å². The van der Waals surface area contributed by atoms with Crippen molar-refractivity contribution >= 4 is 29.9 Å². The van der Waals surface area contributed by atoms with Gasteiger partial charge in [0.15, 0.2) is 5.96 Å². The van der Waals surface area contributed by atoms with Gasteiger partial charge < -0.3 is 15.2 Å². The van der Waals surface area contributed by atoms with E-state index in [1.165, 1.54) is 56.5 Å². The molecule has 1 fully saturated rings. The first kappa shape index (κ1) is 19.5. The van der Waals surface area contributed by atoms with E-state index in [9.17, 15) is 0 Å². The number of hydrogen-bond acceptors (Lipinski definition) is 2. The molecule has 0 amide bonds. The minimum absolute atomic E-state index is 0. The molecule has 2 N–H and O–H groups in total. The molecule has 0 spiro atoms. The van der Waals surface area contributed by atoms with Crippen LogP contribution in [0, 0.1) is 5.92 Å². The molecule has 3 rings (SSSR count). The van der Waals surface area contributed by atoms with Crippen LogP contribution in [0.2, 0.25) is 0 Å². The van der Waals surface area contributed by atoms with Gasteiger partial charge in [0, 0.05) is 45.7 Å². The fraction of sp³-hybridized carbons (Fsp3) is 0.778. The number of aliphatic imine (C=N–C) groups is 1. The van der Waals surface area contributed by atoms with Crippen molar-refractivity contribution < 1.29 is 0 Å². The minimum atomic E-state index is 0. The van der Waals surface area contributed by atoms with Gasteiger partial charge in [-0.2, -0.15) is 0 Å². The first-order valence-corrected chi connectivity index (χ1v) is 9.34. The first-order chi connectivity index (χ1) is 11.3. The predicted molar refractivity (Wildman–Crippen MR) is 110 cm³/mol. The van der Waals surface area contributed by atoms with Crippen molar-refractivity contribution in [2.45, 2.75) is 64.3 Å². The lowest BCUT2D eigenvalue weighted by atomic mass is 9.89. The normalized spacial score (nSPS) is 18.6. The number of rotatable bonds is 5. The van der Waals surface area contributed by atoms with Crippen molar-refractivity contribution in [1.82, 2.24) is 20.2 Å². The van der Waals surface area contributed by atoms with Gasteiger partial charge in [0.2, 0.25) is 0 Å². The van der Waals surface area contributed by atoms with E-state index in [1.807, 2.05) is 7.05 Å². The van der Waals surface area contributed by atoms with E-state index in [1.54, 1.807) is 0 Å². The predicted octanol–water partition coefficient (Wildman–Crippen LogP) is 3.13. The van der Waals surface area contributed by atoms with Crippen LogP contribution in [0.3, 0.4) is 0 Å². The van der Waals surface area contributed by atoms with E-state index >= 15 is 0 Å². The molecule has 136 valence electrons. The van der Waals surface area contributed by atoms with Gasteiger partial charge in [-0.15, -0.1) is 24.0 Å². The summed E-state index contributed by atoms with van der Waals surface area (Å²) in [5.41, 5.74) is 1.21. The van der Waals surface area contributed by atoms with Crippen LogP contribution in [0.15, 0.2) is 11.2 Å². The van der Waals surface area contributed by atoms with Gasteiger partial charge in [0.05, 0.1) is 5.69 Å². The summed E-state index contributed by atoms with van der Waals surface area (Å²) in [6.07, 6.45) is 13.8.